The van der Waals surface area contributed by atoms with E-state index in [4.69, 9.17) is 4.74 Å². The number of halogens is 1. The lowest BCUT2D eigenvalue weighted by molar-refractivity contribution is -0.0339. The number of aromatic nitrogens is 3. The lowest BCUT2D eigenvalue weighted by Crippen LogP contribution is -2.38. The Morgan fingerprint density at radius 2 is 2.29 bits per heavy atom. The number of aryl methyl sites for hydroxylation is 2. The molecule has 6 heteroatoms. The quantitative estimate of drug-likeness (QED) is 0.865. The Labute approximate surface area is 123 Å². The van der Waals surface area contributed by atoms with Gasteiger partial charge in [-0.3, -0.25) is 4.90 Å². The highest BCUT2D eigenvalue weighted by molar-refractivity contribution is 5.26. The maximum atomic E-state index is 13.4. The van der Waals surface area contributed by atoms with Crippen molar-refractivity contribution in [1.82, 2.24) is 19.7 Å². The largest absolute Gasteiger partial charge is 0.371 e. The molecule has 0 amide bonds. The van der Waals surface area contributed by atoms with Crippen molar-refractivity contribution in [3.8, 4) is 0 Å². The van der Waals surface area contributed by atoms with Gasteiger partial charge in [0, 0.05) is 20.1 Å². The van der Waals surface area contributed by atoms with Crippen LogP contribution in [0.3, 0.4) is 0 Å². The average Bonchev–Trinajstić information content (AvgIpc) is 2.88. The van der Waals surface area contributed by atoms with Crippen molar-refractivity contribution in [2.24, 2.45) is 7.05 Å². The van der Waals surface area contributed by atoms with Crippen molar-refractivity contribution < 1.29 is 9.13 Å². The second kappa shape index (κ2) is 5.91. The van der Waals surface area contributed by atoms with E-state index in [1.807, 2.05) is 17.7 Å². The Bertz CT molecular complexity index is 628. The number of ether oxygens (including phenoxy) is 1. The first kappa shape index (κ1) is 14.2. The van der Waals surface area contributed by atoms with Gasteiger partial charge in [0.15, 0.2) is 0 Å². The zero-order chi connectivity index (χ0) is 14.8. The Morgan fingerprint density at radius 3 is 3.00 bits per heavy atom. The second-order valence-electron chi connectivity index (χ2n) is 5.46. The topological polar surface area (TPSA) is 43.2 Å². The van der Waals surface area contributed by atoms with E-state index in [0.29, 0.717) is 12.2 Å². The van der Waals surface area contributed by atoms with Crippen LogP contribution in [0.25, 0.3) is 0 Å². The molecule has 112 valence electrons. The van der Waals surface area contributed by atoms with Crippen LogP contribution in [-0.2, 0) is 18.3 Å². The number of nitrogens with zero attached hydrogens (tertiary/aromatic N) is 4. The smallest absolute Gasteiger partial charge is 0.146 e. The molecule has 2 aromatic rings. The third-order valence-corrected chi connectivity index (χ3v) is 3.87. The summed E-state index contributed by atoms with van der Waals surface area (Å²) in [5.74, 6) is 0.761. The summed E-state index contributed by atoms with van der Waals surface area (Å²) in [7, 11) is 1.94. The van der Waals surface area contributed by atoms with E-state index in [1.165, 1.54) is 6.07 Å². The molecule has 1 aliphatic heterocycles. The van der Waals surface area contributed by atoms with Gasteiger partial charge in [0.05, 0.1) is 19.3 Å². The summed E-state index contributed by atoms with van der Waals surface area (Å²) in [6, 6.07) is 5.18. The minimum absolute atomic E-state index is 0.0220. The maximum Gasteiger partial charge on any atom is 0.146 e. The first-order valence-electron chi connectivity index (χ1n) is 7.06. The van der Waals surface area contributed by atoms with Crippen LogP contribution in [0.5, 0.6) is 0 Å². The Morgan fingerprint density at radius 1 is 1.43 bits per heavy atom. The van der Waals surface area contributed by atoms with Crippen LogP contribution in [0.4, 0.5) is 4.39 Å². The predicted molar refractivity (Wildman–Crippen MR) is 76.1 cm³/mol. The molecule has 3 rings (SSSR count). The van der Waals surface area contributed by atoms with Crippen LogP contribution in [-0.4, -0.2) is 39.4 Å². The standard InChI is InChI=1S/C15H19FN4O/c1-11-7-12(3-4-13(11)16)14-8-20(5-6-21-14)9-15-18-17-10-19(15)2/h3-4,7,10,14H,5-6,8-9H2,1-2H3/t14-/m0/s1. The number of hydrogen-bond acceptors (Lipinski definition) is 4. The van der Waals surface area contributed by atoms with Gasteiger partial charge >= 0.3 is 0 Å². The fourth-order valence-corrected chi connectivity index (χ4v) is 2.57. The van der Waals surface area contributed by atoms with E-state index in [-0.39, 0.29) is 11.9 Å². The lowest BCUT2D eigenvalue weighted by Gasteiger charge is -2.32. The van der Waals surface area contributed by atoms with Gasteiger partial charge in [-0.25, -0.2) is 4.39 Å². The molecule has 21 heavy (non-hydrogen) atoms. The molecule has 5 nitrogen and oxygen atoms in total. The number of morpholine rings is 1. The van der Waals surface area contributed by atoms with Crippen LogP contribution < -0.4 is 0 Å². The minimum Gasteiger partial charge on any atom is -0.371 e. The van der Waals surface area contributed by atoms with E-state index in [1.54, 1.807) is 19.3 Å². The van der Waals surface area contributed by atoms with Crippen molar-refractivity contribution in [3.05, 3.63) is 47.3 Å². The number of rotatable bonds is 3. The highest BCUT2D eigenvalue weighted by atomic mass is 19.1. The van der Waals surface area contributed by atoms with E-state index in [2.05, 4.69) is 15.1 Å². The zero-order valence-corrected chi connectivity index (χ0v) is 12.3. The average molecular weight is 290 g/mol. The summed E-state index contributed by atoms with van der Waals surface area (Å²) in [6.45, 7) is 4.83. The van der Waals surface area contributed by atoms with Crippen molar-refractivity contribution in [2.45, 2.75) is 19.6 Å². The van der Waals surface area contributed by atoms with Crippen LogP contribution in [0.2, 0.25) is 0 Å². The fraction of sp³-hybridized carbons (Fsp3) is 0.467. The van der Waals surface area contributed by atoms with E-state index < -0.39 is 0 Å². The zero-order valence-electron chi connectivity index (χ0n) is 12.3. The third kappa shape index (κ3) is 3.11. The summed E-state index contributed by atoms with van der Waals surface area (Å²) in [5, 5.41) is 8.01. The molecular weight excluding hydrogens is 271 g/mol. The highest BCUT2D eigenvalue weighted by Gasteiger charge is 2.23. The van der Waals surface area contributed by atoms with Gasteiger partial charge in [-0.05, 0) is 24.1 Å². The molecule has 1 saturated heterocycles. The number of benzene rings is 1. The molecule has 0 spiro atoms. The molecule has 1 aliphatic rings. The highest BCUT2D eigenvalue weighted by Crippen LogP contribution is 2.24. The monoisotopic (exact) mass is 290 g/mol. The van der Waals surface area contributed by atoms with Gasteiger partial charge in [-0.1, -0.05) is 12.1 Å². The van der Waals surface area contributed by atoms with Crippen molar-refractivity contribution in [1.29, 1.82) is 0 Å². The van der Waals surface area contributed by atoms with E-state index in [0.717, 1.165) is 31.0 Å². The SMILES string of the molecule is Cc1cc([C@@H]2CN(Cc3nncn3C)CCO2)ccc1F. The van der Waals surface area contributed by atoms with Gasteiger partial charge < -0.3 is 9.30 Å². The molecule has 1 aromatic carbocycles. The molecule has 0 N–H and O–H groups in total. The summed E-state index contributed by atoms with van der Waals surface area (Å²) < 4.78 is 21.1. The number of hydrogen-bond donors (Lipinski definition) is 0. The predicted octanol–water partition coefficient (Wildman–Crippen LogP) is 1.84. The first-order chi connectivity index (χ1) is 10.1. The lowest BCUT2D eigenvalue weighted by atomic mass is 10.0. The van der Waals surface area contributed by atoms with Crippen LogP contribution in [0, 0.1) is 12.7 Å². The van der Waals surface area contributed by atoms with Crippen LogP contribution in [0.15, 0.2) is 24.5 Å². The third-order valence-electron chi connectivity index (χ3n) is 3.87. The van der Waals surface area contributed by atoms with Gasteiger partial charge in [0.25, 0.3) is 0 Å². The first-order valence-corrected chi connectivity index (χ1v) is 7.06. The summed E-state index contributed by atoms with van der Waals surface area (Å²) in [4.78, 5) is 2.29. The molecule has 1 atom stereocenters. The fourth-order valence-electron chi connectivity index (χ4n) is 2.57. The molecule has 0 saturated carbocycles. The minimum atomic E-state index is -0.175. The molecule has 1 fully saturated rings. The maximum absolute atomic E-state index is 13.4. The van der Waals surface area contributed by atoms with Gasteiger partial charge in [0.2, 0.25) is 0 Å². The van der Waals surface area contributed by atoms with Gasteiger partial charge in [-0.15, -0.1) is 10.2 Å². The molecular formula is C15H19FN4O. The molecule has 0 unspecified atom stereocenters. The Kier molecular flexibility index (Phi) is 3.98. The van der Waals surface area contributed by atoms with Gasteiger partial charge in [0.1, 0.15) is 18.0 Å². The summed E-state index contributed by atoms with van der Waals surface area (Å²) in [6.07, 6.45) is 1.68. The second-order valence-corrected chi connectivity index (χ2v) is 5.46. The van der Waals surface area contributed by atoms with Crippen molar-refractivity contribution >= 4 is 0 Å². The normalized spacial score (nSPS) is 19.9. The van der Waals surface area contributed by atoms with E-state index >= 15 is 0 Å². The summed E-state index contributed by atoms with van der Waals surface area (Å²) in [5.41, 5.74) is 1.68. The molecule has 1 aromatic heterocycles. The van der Waals surface area contributed by atoms with E-state index in [9.17, 15) is 4.39 Å². The summed E-state index contributed by atoms with van der Waals surface area (Å²) >= 11 is 0. The Balaban J connectivity index is 1.70. The van der Waals surface area contributed by atoms with Crippen molar-refractivity contribution in [3.63, 3.8) is 0 Å². The Hall–Kier alpha value is -1.79. The van der Waals surface area contributed by atoms with Crippen LogP contribution in [0.1, 0.15) is 23.1 Å². The molecule has 2 heterocycles. The molecule has 0 radical (unpaired) electrons. The van der Waals surface area contributed by atoms with Crippen LogP contribution >= 0.6 is 0 Å². The van der Waals surface area contributed by atoms with Gasteiger partial charge in [-0.2, -0.15) is 0 Å². The molecule has 0 aliphatic carbocycles. The van der Waals surface area contributed by atoms with Crippen molar-refractivity contribution in [2.75, 3.05) is 19.7 Å². The molecule has 0 bridgehead atoms.